The van der Waals surface area contributed by atoms with E-state index in [2.05, 4.69) is 20.6 Å². The van der Waals surface area contributed by atoms with Crippen LogP contribution in [-0.2, 0) is 10.7 Å². The van der Waals surface area contributed by atoms with Crippen LogP contribution in [0.3, 0.4) is 0 Å². The largest absolute Gasteiger partial charge is 0.438 e. The molecule has 1 aromatic carbocycles. The Morgan fingerprint density at radius 3 is 2.75 bits per heavy atom. The highest BCUT2D eigenvalue weighted by atomic mass is 31.2. The third-order valence-corrected chi connectivity index (χ3v) is 5.87. The molecule has 1 aromatic heterocycles. The van der Waals surface area contributed by atoms with E-state index >= 15 is 0 Å². The van der Waals surface area contributed by atoms with Crippen molar-refractivity contribution in [3.63, 3.8) is 0 Å². The Morgan fingerprint density at radius 1 is 1.32 bits per heavy atom. The Hall–Kier alpha value is -2.12. The second kappa shape index (κ2) is 8.09. The summed E-state index contributed by atoms with van der Waals surface area (Å²) < 4.78 is 57.8. The fraction of sp³-hybridized carbons (Fsp3) is 0.444. The molecule has 2 heterocycles. The van der Waals surface area contributed by atoms with Gasteiger partial charge in [-0.25, -0.2) is 4.98 Å². The lowest BCUT2D eigenvalue weighted by Gasteiger charge is -2.24. The summed E-state index contributed by atoms with van der Waals surface area (Å²) in [6, 6.07) is 6.25. The highest BCUT2D eigenvalue weighted by Crippen LogP contribution is 2.39. The average molecular weight is 414 g/mol. The van der Waals surface area contributed by atoms with Gasteiger partial charge in [0.25, 0.3) is 0 Å². The van der Waals surface area contributed by atoms with E-state index in [1.54, 1.807) is 25.5 Å². The molecule has 28 heavy (non-hydrogen) atoms. The Balaban J connectivity index is 1.90. The summed E-state index contributed by atoms with van der Waals surface area (Å²) in [6.45, 7) is 4.76. The van der Waals surface area contributed by atoms with Crippen molar-refractivity contribution in [2.45, 2.75) is 25.1 Å². The minimum absolute atomic E-state index is 0.0349. The molecule has 0 aliphatic carbocycles. The normalized spacial score (nSPS) is 18.0. The molecule has 0 bridgehead atoms. The Labute approximate surface area is 161 Å². The van der Waals surface area contributed by atoms with Gasteiger partial charge in [0.15, 0.2) is 0 Å². The van der Waals surface area contributed by atoms with E-state index in [0.29, 0.717) is 11.8 Å². The standard InChI is InChI=1S/C18H22F3N4O2P/c1-28(2,26)14-7-3-6-13(9-14)27-16-15(18(19,20)21)11-23-17(25-16)24-12-5-4-8-22-10-12/h3,6-7,9,11-12,22H,4-5,8,10H2,1-2H3,(H,23,24,25)/t12-/m0/s1. The van der Waals surface area contributed by atoms with Gasteiger partial charge in [0.05, 0.1) is 0 Å². The molecule has 1 atom stereocenters. The zero-order chi connectivity index (χ0) is 20.4. The number of anilines is 1. The van der Waals surface area contributed by atoms with Gasteiger partial charge in [-0.2, -0.15) is 18.2 Å². The van der Waals surface area contributed by atoms with E-state index in [9.17, 15) is 17.7 Å². The van der Waals surface area contributed by atoms with Crippen LogP contribution >= 0.6 is 7.14 Å². The second-order valence-corrected chi connectivity index (χ2v) is 10.3. The molecule has 2 aromatic rings. The number of nitrogens with one attached hydrogen (secondary N) is 2. The van der Waals surface area contributed by atoms with Crippen LogP contribution in [0.25, 0.3) is 0 Å². The van der Waals surface area contributed by atoms with E-state index in [4.69, 9.17) is 4.74 Å². The SMILES string of the molecule is CP(C)(=O)c1cccc(Oc2nc(N[C@H]3CCCNC3)ncc2C(F)(F)F)c1. The first kappa shape index (κ1) is 20.6. The van der Waals surface area contributed by atoms with Gasteiger partial charge in [-0.3, -0.25) is 0 Å². The third kappa shape index (κ3) is 5.23. The fourth-order valence-corrected chi connectivity index (χ4v) is 3.74. The van der Waals surface area contributed by atoms with Crippen molar-refractivity contribution in [2.75, 3.05) is 31.7 Å². The quantitative estimate of drug-likeness (QED) is 0.727. The average Bonchev–Trinajstić information content (AvgIpc) is 2.61. The topological polar surface area (TPSA) is 76.1 Å². The maximum atomic E-state index is 13.4. The van der Waals surface area contributed by atoms with Crippen LogP contribution in [0, 0.1) is 0 Å². The smallest absolute Gasteiger partial charge is 0.423 e. The number of hydrogen-bond acceptors (Lipinski definition) is 6. The first-order valence-corrected chi connectivity index (χ1v) is 11.5. The lowest BCUT2D eigenvalue weighted by molar-refractivity contribution is -0.139. The molecule has 0 unspecified atom stereocenters. The van der Waals surface area contributed by atoms with Crippen LogP contribution in [-0.4, -0.2) is 42.4 Å². The van der Waals surface area contributed by atoms with Gasteiger partial charge in [-0.1, -0.05) is 12.1 Å². The lowest BCUT2D eigenvalue weighted by Crippen LogP contribution is -2.38. The summed E-state index contributed by atoms with van der Waals surface area (Å²) in [4.78, 5) is 7.76. The molecule has 6 nitrogen and oxygen atoms in total. The predicted molar refractivity (Wildman–Crippen MR) is 102 cm³/mol. The molecule has 3 rings (SSSR count). The number of benzene rings is 1. The summed E-state index contributed by atoms with van der Waals surface area (Å²) in [7, 11) is -2.58. The summed E-state index contributed by atoms with van der Waals surface area (Å²) in [5, 5.41) is 6.77. The molecule has 1 saturated heterocycles. The van der Waals surface area contributed by atoms with E-state index in [1.165, 1.54) is 12.1 Å². The maximum absolute atomic E-state index is 13.4. The van der Waals surface area contributed by atoms with Gasteiger partial charge in [0, 0.05) is 24.1 Å². The fourth-order valence-electron chi connectivity index (χ4n) is 2.86. The van der Waals surface area contributed by atoms with Crippen LogP contribution in [0.2, 0.25) is 0 Å². The van der Waals surface area contributed by atoms with Gasteiger partial charge in [-0.05, 0) is 44.8 Å². The molecule has 0 saturated carbocycles. The number of hydrogen-bond donors (Lipinski definition) is 2. The van der Waals surface area contributed by atoms with Crippen LogP contribution in [0.15, 0.2) is 30.5 Å². The lowest BCUT2D eigenvalue weighted by atomic mass is 10.1. The van der Waals surface area contributed by atoms with Gasteiger partial charge in [0.1, 0.15) is 18.5 Å². The Bertz CT molecular complexity index is 879. The minimum atomic E-state index is -4.66. The van der Waals surface area contributed by atoms with E-state index in [1.807, 2.05) is 0 Å². The molecule has 2 N–H and O–H groups in total. The molecule has 10 heteroatoms. The monoisotopic (exact) mass is 414 g/mol. The molecular weight excluding hydrogens is 392 g/mol. The van der Waals surface area contributed by atoms with Gasteiger partial charge in [0.2, 0.25) is 11.8 Å². The van der Waals surface area contributed by atoms with Crippen molar-refractivity contribution in [2.24, 2.45) is 0 Å². The van der Waals surface area contributed by atoms with Crippen molar-refractivity contribution < 1.29 is 22.5 Å². The molecule has 0 amide bonds. The first-order valence-electron chi connectivity index (χ1n) is 8.88. The molecule has 0 radical (unpaired) electrons. The van der Waals surface area contributed by atoms with Crippen LogP contribution < -0.4 is 20.7 Å². The number of aromatic nitrogens is 2. The molecule has 1 fully saturated rings. The van der Waals surface area contributed by atoms with E-state index in [0.717, 1.165) is 25.6 Å². The molecular formula is C18H22F3N4O2P. The summed E-state index contributed by atoms with van der Waals surface area (Å²) >= 11 is 0. The van der Waals surface area contributed by atoms with Crippen LogP contribution in [0.1, 0.15) is 18.4 Å². The zero-order valence-electron chi connectivity index (χ0n) is 15.6. The Morgan fingerprint density at radius 2 is 2.11 bits per heavy atom. The van der Waals surface area contributed by atoms with Crippen molar-refractivity contribution in [1.82, 2.24) is 15.3 Å². The zero-order valence-corrected chi connectivity index (χ0v) is 16.5. The van der Waals surface area contributed by atoms with Gasteiger partial charge in [-0.15, -0.1) is 0 Å². The first-order chi connectivity index (χ1) is 13.1. The number of alkyl halides is 3. The maximum Gasteiger partial charge on any atom is 0.423 e. The molecule has 0 spiro atoms. The highest BCUT2D eigenvalue weighted by molar-refractivity contribution is 7.70. The molecule has 152 valence electrons. The van der Waals surface area contributed by atoms with Crippen molar-refractivity contribution in [1.29, 1.82) is 0 Å². The van der Waals surface area contributed by atoms with Crippen LogP contribution in [0.5, 0.6) is 11.6 Å². The van der Waals surface area contributed by atoms with Crippen molar-refractivity contribution in [3.05, 3.63) is 36.0 Å². The summed E-state index contributed by atoms with van der Waals surface area (Å²) in [5.74, 6) is -0.381. The second-order valence-electron chi connectivity index (χ2n) is 7.05. The number of rotatable bonds is 5. The van der Waals surface area contributed by atoms with Gasteiger partial charge < -0.3 is 19.9 Å². The summed E-state index contributed by atoms with van der Waals surface area (Å²) in [6.07, 6.45) is -2.11. The number of halogens is 3. The number of ether oxygens (including phenoxy) is 1. The van der Waals surface area contributed by atoms with E-state index < -0.39 is 24.8 Å². The van der Waals surface area contributed by atoms with Crippen molar-refractivity contribution in [3.8, 4) is 11.6 Å². The summed E-state index contributed by atoms with van der Waals surface area (Å²) in [5.41, 5.74) is -1.07. The third-order valence-electron chi connectivity index (χ3n) is 4.34. The number of piperidine rings is 1. The molecule has 1 aliphatic rings. The number of nitrogens with zero attached hydrogens (tertiary/aromatic N) is 2. The van der Waals surface area contributed by atoms with Crippen molar-refractivity contribution >= 4 is 18.4 Å². The predicted octanol–water partition coefficient (Wildman–Crippen LogP) is 3.70. The minimum Gasteiger partial charge on any atom is -0.438 e. The van der Waals surface area contributed by atoms with E-state index in [-0.39, 0.29) is 17.7 Å². The Kier molecular flexibility index (Phi) is 5.95. The van der Waals surface area contributed by atoms with Crippen LogP contribution in [0.4, 0.5) is 19.1 Å². The highest BCUT2D eigenvalue weighted by Gasteiger charge is 2.36. The molecule has 1 aliphatic heterocycles. The van der Waals surface area contributed by atoms with Gasteiger partial charge >= 0.3 is 6.18 Å².